The van der Waals surface area contributed by atoms with E-state index in [0.717, 1.165) is 18.0 Å². The number of nitrogens with zero attached hydrogens (tertiary/aromatic N) is 2. The molecule has 0 radical (unpaired) electrons. The lowest BCUT2D eigenvalue weighted by Crippen LogP contribution is -2.19. The highest BCUT2D eigenvalue weighted by molar-refractivity contribution is 5.48. The zero-order chi connectivity index (χ0) is 15.6. The minimum absolute atomic E-state index is 0.0254. The van der Waals surface area contributed by atoms with Gasteiger partial charge < -0.3 is 10.6 Å². The van der Waals surface area contributed by atoms with Gasteiger partial charge in [0.2, 0.25) is 0 Å². The van der Waals surface area contributed by atoms with Gasteiger partial charge in [0.25, 0.3) is 0 Å². The number of benzene rings is 1. The van der Waals surface area contributed by atoms with Crippen molar-refractivity contribution in [1.82, 2.24) is 4.98 Å². The van der Waals surface area contributed by atoms with E-state index in [-0.39, 0.29) is 5.56 Å². The van der Waals surface area contributed by atoms with E-state index in [2.05, 4.69) is 4.98 Å². The molecule has 0 amide bonds. The average molecular weight is 295 g/mol. The average Bonchev–Trinajstić information content (AvgIpc) is 2.45. The quantitative estimate of drug-likeness (QED) is 0.945. The first-order valence-electron chi connectivity index (χ1n) is 6.34. The highest BCUT2D eigenvalue weighted by Gasteiger charge is 2.34. The number of alkyl halides is 3. The molecule has 3 nitrogen and oxygen atoms in total. The summed E-state index contributed by atoms with van der Waals surface area (Å²) < 4.78 is 39.0. The zero-order valence-electron chi connectivity index (χ0n) is 11.7. The lowest BCUT2D eigenvalue weighted by atomic mass is 9.96. The summed E-state index contributed by atoms with van der Waals surface area (Å²) in [6, 6.07) is 7.17. The molecular formula is C15H16F3N3. The Morgan fingerprint density at radius 3 is 2.24 bits per heavy atom. The van der Waals surface area contributed by atoms with Gasteiger partial charge in [-0.1, -0.05) is 12.1 Å². The molecule has 0 bridgehead atoms. The molecule has 1 aromatic carbocycles. The Morgan fingerprint density at radius 1 is 1.10 bits per heavy atom. The van der Waals surface area contributed by atoms with E-state index < -0.39 is 17.8 Å². The fourth-order valence-electron chi connectivity index (χ4n) is 2.07. The molecule has 2 N–H and O–H groups in total. The second-order valence-corrected chi connectivity index (χ2v) is 4.92. The standard InChI is InChI=1S/C15H16F3N3/c1-21(2)11-5-3-10(4-6-11)14(19)12-9-20-8-7-13(12)15(16,17)18/h3-9,14H,19H2,1-2H3. The lowest BCUT2D eigenvalue weighted by Gasteiger charge is -2.19. The lowest BCUT2D eigenvalue weighted by molar-refractivity contribution is -0.138. The highest BCUT2D eigenvalue weighted by Crippen LogP contribution is 2.35. The van der Waals surface area contributed by atoms with Gasteiger partial charge in [-0.05, 0) is 23.8 Å². The molecular weight excluding hydrogens is 279 g/mol. The number of anilines is 1. The monoisotopic (exact) mass is 295 g/mol. The molecule has 6 heteroatoms. The molecule has 0 aliphatic heterocycles. The largest absolute Gasteiger partial charge is 0.416 e. The molecule has 2 aromatic rings. The Morgan fingerprint density at radius 2 is 1.71 bits per heavy atom. The number of pyridine rings is 1. The summed E-state index contributed by atoms with van der Waals surface area (Å²) in [6.45, 7) is 0. The van der Waals surface area contributed by atoms with Crippen LogP contribution in [0.3, 0.4) is 0 Å². The number of rotatable bonds is 3. The zero-order valence-corrected chi connectivity index (χ0v) is 11.7. The van der Waals surface area contributed by atoms with Crippen LogP contribution >= 0.6 is 0 Å². The van der Waals surface area contributed by atoms with Gasteiger partial charge in [0, 0.05) is 37.7 Å². The van der Waals surface area contributed by atoms with Crippen molar-refractivity contribution in [2.24, 2.45) is 5.73 Å². The maximum atomic E-state index is 13.0. The van der Waals surface area contributed by atoms with E-state index >= 15 is 0 Å². The van der Waals surface area contributed by atoms with E-state index in [9.17, 15) is 13.2 Å². The van der Waals surface area contributed by atoms with Crippen molar-refractivity contribution in [2.75, 3.05) is 19.0 Å². The second kappa shape index (κ2) is 5.73. The van der Waals surface area contributed by atoms with Crippen LogP contribution in [0.2, 0.25) is 0 Å². The first-order valence-corrected chi connectivity index (χ1v) is 6.34. The molecule has 2 rings (SSSR count). The second-order valence-electron chi connectivity index (χ2n) is 4.92. The molecule has 1 heterocycles. The molecule has 0 saturated carbocycles. The van der Waals surface area contributed by atoms with Gasteiger partial charge in [0.05, 0.1) is 11.6 Å². The van der Waals surface area contributed by atoms with E-state index in [1.165, 1.54) is 6.20 Å². The van der Waals surface area contributed by atoms with Crippen LogP contribution in [0.4, 0.5) is 18.9 Å². The fraction of sp³-hybridized carbons (Fsp3) is 0.267. The van der Waals surface area contributed by atoms with Crippen molar-refractivity contribution >= 4 is 5.69 Å². The van der Waals surface area contributed by atoms with Gasteiger partial charge in [-0.15, -0.1) is 0 Å². The number of hydrogen-bond acceptors (Lipinski definition) is 3. The van der Waals surface area contributed by atoms with Crippen molar-refractivity contribution < 1.29 is 13.2 Å². The minimum Gasteiger partial charge on any atom is -0.378 e. The van der Waals surface area contributed by atoms with Gasteiger partial charge in [0.1, 0.15) is 0 Å². The molecule has 0 aliphatic rings. The third kappa shape index (κ3) is 3.33. The predicted octanol–water partition coefficient (Wildman–Crippen LogP) is 3.21. The molecule has 1 aromatic heterocycles. The number of aromatic nitrogens is 1. The first-order chi connectivity index (χ1) is 9.80. The third-order valence-electron chi connectivity index (χ3n) is 3.26. The predicted molar refractivity (Wildman–Crippen MR) is 76.0 cm³/mol. The smallest absolute Gasteiger partial charge is 0.378 e. The summed E-state index contributed by atoms with van der Waals surface area (Å²) in [7, 11) is 3.77. The van der Waals surface area contributed by atoms with E-state index in [0.29, 0.717) is 5.56 Å². The number of hydrogen-bond donors (Lipinski definition) is 1. The van der Waals surface area contributed by atoms with E-state index in [1.54, 1.807) is 12.1 Å². The molecule has 0 aliphatic carbocycles. The minimum atomic E-state index is -4.44. The Kier molecular flexibility index (Phi) is 4.18. The molecule has 1 unspecified atom stereocenters. The molecule has 0 spiro atoms. The normalized spacial score (nSPS) is 13.0. The topological polar surface area (TPSA) is 42.1 Å². The van der Waals surface area contributed by atoms with Crippen LogP contribution in [0.5, 0.6) is 0 Å². The van der Waals surface area contributed by atoms with Gasteiger partial charge in [0.15, 0.2) is 0 Å². The summed E-state index contributed by atoms with van der Waals surface area (Å²) in [5, 5.41) is 0. The van der Waals surface area contributed by atoms with Gasteiger partial charge >= 0.3 is 6.18 Å². The Labute approximate surface area is 121 Å². The van der Waals surface area contributed by atoms with Crippen molar-refractivity contribution in [3.63, 3.8) is 0 Å². The number of nitrogens with two attached hydrogens (primary N) is 1. The Hall–Kier alpha value is -2.08. The van der Waals surface area contributed by atoms with Crippen LogP contribution < -0.4 is 10.6 Å². The Balaban J connectivity index is 2.38. The Bertz CT molecular complexity index is 606. The summed E-state index contributed by atoms with van der Waals surface area (Å²) in [5.74, 6) is 0. The van der Waals surface area contributed by atoms with E-state index in [4.69, 9.17) is 5.73 Å². The van der Waals surface area contributed by atoms with Crippen molar-refractivity contribution in [3.05, 3.63) is 59.4 Å². The molecule has 112 valence electrons. The van der Waals surface area contributed by atoms with Crippen LogP contribution in [0.25, 0.3) is 0 Å². The van der Waals surface area contributed by atoms with Gasteiger partial charge in [-0.2, -0.15) is 13.2 Å². The summed E-state index contributed by atoms with van der Waals surface area (Å²) in [4.78, 5) is 5.67. The van der Waals surface area contributed by atoms with Crippen LogP contribution in [-0.2, 0) is 6.18 Å². The van der Waals surface area contributed by atoms with Crippen molar-refractivity contribution in [1.29, 1.82) is 0 Å². The summed E-state index contributed by atoms with van der Waals surface area (Å²) in [5.41, 5.74) is 6.77. The van der Waals surface area contributed by atoms with Crippen molar-refractivity contribution in [2.45, 2.75) is 12.2 Å². The van der Waals surface area contributed by atoms with Crippen LogP contribution in [0, 0.1) is 0 Å². The summed E-state index contributed by atoms with van der Waals surface area (Å²) >= 11 is 0. The maximum Gasteiger partial charge on any atom is 0.416 e. The highest BCUT2D eigenvalue weighted by atomic mass is 19.4. The van der Waals surface area contributed by atoms with Gasteiger partial charge in [-0.25, -0.2) is 0 Å². The molecule has 0 fully saturated rings. The maximum absolute atomic E-state index is 13.0. The van der Waals surface area contributed by atoms with Gasteiger partial charge in [-0.3, -0.25) is 4.98 Å². The van der Waals surface area contributed by atoms with Crippen molar-refractivity contribution in [3.8, 4) is 0 Å². The number of halogens is 3. The van der Waals surface area contributed by atoms with E-state index in [1.807, 2.05) is 31.1 Å². The molecule has 1 atom stereocenters. The molecule has 0 saturated heterocycles. The van der Waals surface area contributed by atoms with Crippen LogP contribution in [-0.4, -0.2) is 19.1 Å². The van der Waals surface area contributed by atoms with Crippen LogP contribution in [0.1, 0.15) is 22.7 Å². The first kappa shape index (κ1) is 15.3. The third-order valence-corrected chi connectivity index (χ3v) is 3.26. The summed E-state index contributed by atoms with van der Waals surface area (Å²) in [6.07, 6.45) is -2.15. The molecule has 21 heavy (non-hydrogen) atoms. The van der Waals surface area contributed by atoms with Crippen LogP contribution in [0.15, 0.2) is 42.7 Å². The SMILES string of the molecule is CN(C)c1ccc(C(N)c2cnccc2C(F)(F)F)cc1. The fourth-order valence-corrected chi connectivity index (χ4v) is 2.07.